The minimum absolute atomic E-state index is 0.0182. The van der Waals surface area contributed by atoms with Gasteiger partial charge in [0.15, 0.2) is 17.2 Å². The Bertz CT molecular complexity index is 1640. The molecule has 1 aromatic heterocycles. The summed E-state index contributed by atoms with van der Waals surface area (Å²) in [7, 11) is -2.67. The van der Waals surface area contributed by atoms with E-state index in [4.69, 9.17) is 21.1 Å². The summed E-state index contributed by atoms with van der Waals surface area (Å²) >= 11 is 7.11. The lowest BCUT2D eigenvalue weighted by molar-refractivity contribution is 0.374. The van der Waals surface area contributed by atoms with Gasteiger partial charge in [0, 0.05) is 43.6 Å². The van der Waals surface area contributed by atoms with Crippen molar-refractivity contribution in [3.05, 3.63) is 89.8 Å². The summed E-state index contributed by atoms with van der Waals surface area (Å²) in [6.45, 7) is 8.74. The molecule has 1 N–H and O–H groups in total. The van der Waals surface area contributed by atoms with Crippen LogP contribution in [0.25, 0.3) is 0 Å². The smallest absolute Gasteiger partial charge is 0.266 e. The Balaban J connectivity index is 1.64. The number of methoxy groups -OCH3 is 1. The van der Waals surface area contributed by atoms with E-state index in [1.54, 1.807) is 19.2 Å². The molecule has 0 amide bonds. The summed E-state index contributed by atoms with van der Waals surface area (Å²) in [5.74, 6) is 1.30. The molecule has 5 rings (SSSR count). The Morgan fingerprint density at radius 1 is 0.905 bits per heavy atom. The van der Waals surface area contributed by atoms with Crippen molar-refractivity contribution in [1.82, 2.24) is 9.97 Å². The highest BCUT2D eigenvalue weighted by Crippen LogP contribution is 2.48. The molecule has 42 heavy (non-hydrogen) atoms. The molecule has 11 heteroatoms. The second-order valence-corrected chi connectivity index (χ2v) is 12.9. The van der Waals surface area contributed by atoms with Crippen LogP contribution in [0, 0.1) is 0 Å². The van der Waals surface area contributed by atoms with Crippen LogP contribution in [0.15, 0.2) is 84.1 Å². The van der Waals surface area contributed by atoms with Gasteiger partial charge < -0.3 is 19.3 Å². The Morgan fingerprint density at radius 2 is 1.55 bits per heavy atom. The summed E-state index contributed by atoms with van der Waals surface area (Å²) in [5.41, 5.74) is 1.96. The molecule has 1 fully saturated rings. The highest BCUT2D eigenvalue weighted by molar-refractivity contribution is 7.93. The predicted molar refractivity (Wildman–Crippen MR) is 167 cm³/mol. The van der Waals surface area contributed by atoms with Crippen molar-refractivity contribution in [3.8, 4) is 17.2 Å². The first kappa shape index (κ1) is 29.5. The van der Waals surface area contributed by atoms with Gasteiger partial charge in [0.05, 0.1) is 12.8 Å². The average Bonchev–Trinajstić information content (AvgIpc) is 2.98. The second-order valence-electron chi connectivity index (χ2n) is 10.9. The van der Waals surface area contributed by atoms with Crippen LogP contribution in [-0.4, -0.2) is 51.7 Å². The summed E-state index contributed by atoms with van der Waals surface area (Å²) in [5, 5.41) is -0.0182. The number of benzene rings is 3. The zero-order chi connectivity index (χ0) is 29.9. The lowest BCUT2D eigenvalue weighted by Crippen LogP contribution is -2.47. The number of ether oxygens (including phenoxy) is 2. The van der Waals surface area contributed by atoms with E-state index < -0.39 is 15.4 Å². The molecule has 0 unspecified atom stereocenters. The molecule has 0 atom stereocenters. The molecular weight excluding hydrogens is 574 g/mol. The van der Waals surface area contributed by atoms with Gasteiger partial charge in [0.1, 0.15) is 22.1 Å². The number of halogens is 1. The van der Waals surface area contributed by atoms with Gasteiger partial charge in [-0.05, 0) is 41.8 Å². The normalized spacial score (nSPS) is 14.0. The van der Waals surface area contributed by atoms with Gasteiger partial charge in [-0.15, -0.1) is 0 Å². The Morgan fingerprint density at radius 3 is 2.17 bits per heavy atom. The molecule has 0 saturated carbocycles. The van der Waals surface area contributed by atoms with Gasteiger partial charge >= 0.3 is 0 Å². The Labute approximate surface area is 252 Å². The van der Waals surface area contributed by atoms with Gasteiger partial charge in [-0.25, -0.2) is 18.4 Å². The number of sulfonamides is 1. The van der Waals surface area contributed by atoms with Crippen molar-refractivity contribution in [2.75, 3.05) is 47.8 Å². The minimum Gasteiger partial charge on any atom is -0.493 e. The number of nitrogens with zero attached hydrogens (tertiary/aromatic N) is 4. The fourth-order valence-corrected chi connectivity index (χ4v) is 6.78. The number of rotatable bonds is 8. The molecule has 0 bridgehead atoms. The molecule has 4 aromatic rings. The van der Waals surface area contributed by atoms with E-state index in [1.165, 1.54) is 18.6 Å². The third kappa shape index (κ3) is 6.24. The second kappa shape index (κ2) is 12.1. The number of nitrogens with one attached hydrogen (secondary N) is 1. The zero-order valence-corrected chi connectivity index (χ0v) is 25.6. The molecule has 2 heterocycles. The average molecular weight is 608 g/mol. The van der Waals surface area contributed by atoms with Crippen LogP contribution in [-0.2, 0) is 15.4 Å². The van der Waals surface area contributed by atoms with E-state index in [9.17, 15) is 8.42 Å². The predicted octanol–water partition coefficient (Wildman–Crippen LogP) is 6.36. The maximum atomic E-state index is 14.1. The third-order valence-corrected chi connectivity index (χ3v) is 8.98. The summed E-state index contributed by atoms with van der Waals surface area (Å²) < 4.78 is 42.6. The van der Waals surface area contributed by atoms with Crippen molar-refractivity contribution < 1.29 is 17.9 Å². The molecule has 3 aromatic carbocycles. The molecule has 1 aliphatic rings. The first-order chi connectivity index (χ1) is 20.1. The maximum Gasteiger partial charge on any atom is 0.266 e. The maximum absolute atomic E-state index is 14.1. The zero-order valence-electron chi connectivity index (χ0n) is 24.0. The van der Waals surface area contributed by atoms with E-state index in [1.807, 2.05) is 57.2 Å². The number of aromatic nitrogens is 2. The van der Waals surface area contributed by atoms with Gasteiger partial charge in [-0.3, -0.25) is 4.72 Å². The molecular formula is C31H34ClN5O4S. The fourth-order valence-electron chi connectivity index (χ4n) is 4.95. The summed E-state index contributed by atoms with van der Waals surface area (Å²) in [6.07, 6.45) is 2.75. The molecule has 0 radical (unpaired) electrons. The highest BCUT2D eigenvalue weighted by atomic mass is 35.5. The lowest BCUT2D eigenvalue weighted by atomic mass is 9.85. The van der Waals surface area contributed by atoms with E-state index in [-0.39, 0.29) is 21.5 Å². The van der Waals surface area contributed by atoms with Gasteiger partial charge in [0.2, 0.25) is 0 Å². The number of piperazine rings is 1. The number of hydrogen-bond donors (Lipinski definition) is 1. The van der Waals surface area contributed by atoms with E-state index >= 15 is 0 Å². The minimum atomic E-state index is -4.22. The lowest BCUT2D eigenvalue weighted by Gasteiger charge is -2.39. The van der Waals surface area contributed by atoms with Gasteiger partial charge in [-0.1, -0.05) is 62.7 Å². The topological polar surface area (TPSA) is 96.9 Å². The van der Waals surface area contributed by atoms with Crippen LogP contribution < -0.4 is 24.0 Å². The van der Waals surface area contributed by atoms with Gasteiger partial charge in [0.25, 0.3) is 10.0 Å². The number of para-hydroxylation sites is 3. The standard InChI is InChI=1S/C31H34ClN5O4S/c1-31(2,3)23-20-24(37-18-16-36(17-19-37)22-10-6-5-7-11-22)30(42(38,39)35-27-14-15-33-21-34-27)28(32)29(23)41-26-13-9-8-12-25(26)40-4/h5-15,20-21H,16-19H2,1-4H3,(H,33,34,35). The van der Waals surface area contributed by atoms with E-state index in [0.717, 1.165) is 11.3 Å². The number of hydrogen-bond acceptors (Lipinski definition) is 8. The van der Waals surface area contributed by atoms with Crippen molar-refractivity contribution >= 4 is 38.8 Å². The largest absolute Gasteiger partial charge is 0.493 e. The Hall–Kier alpha value is -4.02. The van der Waals surface area contributed by atoms with Crippen LogP contribution in [0.2, 0.25) is 5.02 Å². The first-order valence-electron chi connectivity index (χ1n) is 13.6. The van der Waals surface area contributed by atoms with E-state index in [0.29, 0.717) is 43.4 Å². The molecule has 1 aliphatic heterocycles. The quantitative estimate of drug-likeness (QED) is 0.247. The van der Waals surface area contributed by atoms with Crippen LogP contribution in [0.3, 0.4) is 0 Å². The van der Waals surface area contributed by atoms with Crippen molar-refractivity contribution in [1.29, 1.82) is 0 Å². The first-order valence-corrected chi connectivity index (χ1v) is 15.5. The summed E-state index contributed by atoms with van der Waals surface area (Å²) in [4.78, 5) is 12.2. The molecule has 0 spiro atoms. The van der Waals surface area contributed by atoms with Crippen molar-refractivity contribution in [2.24, 2.45) is 0 Å². The molecule has 1 saturated heterocycles. The third-order valence-electron chi connectivity index (χ3n) is 7.08. The fraction of sp³-hybridized carbons (Fsp3) is 0.290. The monoisotopic (exact) mass is 607 g/mol. The molecule has 0 aliphatic carbocycles. The van der Waals surface area contributed by atoms with E-state index in [2.05, 4.69) is 36.6 Å². The van der Waals surface area contributed by atoms with Crippen LogP contribution in [0.5, 0.6) is 17.2 Å². The van der Waals surface area contributed by atoms with Gasteiger partial charge in [-0.2, -0.15) is 0 Å². The van der Waals surface area contributed by atoms with Crippen LogP contribution in [0.4, 0.5) is 17.2 Å². The highest BCUT2D eigenvalue weighted by Gasteiger charge is 2.35. The van der Waals surface area contributed by atoms with Crippen LogP contribution >= 0.6 is 11.6 Å². The molecule has 220 valence electrons. The number of anilines is 3. The van der Waals surface area contributed by atoms with Crippen molar-refractivity contribution in [3.63, 3.8) is 0 Å². The SMILES string of the molecule is COc1ccccc1Oc1c(C(C)(C)C)cc(N2CCN(c3ccccc3)CC2)c(S(=O)(=O)Nc2ccncn2)c1Cl. The van der Waals surface area contributed by atoms with Crippen molar-refractivity contribution in [2.45, 2.75) is 31.1 Å². The summed E-state index contributed by atoms with van der Waals surface area (Å²) in [6, 6.07) is 20.7. The van der Waals surface area contributed by atoms with Crippen LogP contribution in [0.1, 0.15) is 26.3 Å². The molecule has 9 nitrogen and oxygen atoms in total. The Kier molecular flexibility index (Phi) is 8.47.